The van der Waals surface area contributed by atoms with Gasteiger partial charge in [-0.3, -0.25) is 19.3 Å². The van der Waals surface area contributed by atoms with E-state index in [9.17, 15) is 14.4 Å². The van der Waals surface area contributed by atoms with Crippen molar-refractivity contribution in [1.29, 1.82) is 0 Å². The van der Waals surface area contributed by atoms with Crippen molar-refractivity contribution in [2.45, 2.75) is 52.0 Å². The van der Waals surface area contributed by atoms with E-state index < -0.39 is 11.8 Å². The summed E-state index contributed by atoms with van der Waals surface area (Å²) in [6.07, 6.45) is 5.25. The van der Waals surface area contributed by atoms with Crippen molar-refractivity contribution in [3.05, 3.63) is 23.8 Å². The molecule has 2 N–H and O–H groups in total. The molecule has 0 bridgehead atoms. The molecule has 3 heterocycles. The van der Waals surface area contributed by atoms with E-state index in [1.54, 1.807) is 4.90 Å². The largest absolute Gasteiger partial charge is 0.348 e. The molecule has 2 saturated heterocycles. The van der Waals surface area contributed by atoms with E-state index in [2.05, 4.69) is 15.5 Å². The number of benzene rings is 1. The summed E-state index contributed by atoms with van der Waals surface area (Å²) in [5.74, 6) is 1.66. The Labute approximate surface area is 201 Å². The summed E-state index contributed by atoms with van der Waals surface area (Å²) in [5.41, 5.74) is 2.48. The molecule has 3 aliphatic heterocycles. The number of carbonyl (C=O) groups is 3. The van der Waals surface area contributed by atoms with Gasteiger partial charge in [0.1, 0.15) is 0 Å². The number of anilines is 2. The van der Waals surface area contributed by atoms with Crippen LogP contribution in [0.2, 0.25) is 0 Å². The zero-order valence-corrected chi connectivity index (χ0v) is 20.6. The van der Waals surface area contributed by atoms with Crippen molar-refractivity contribution in [3.63, 3.8) is 0 Å². The molecule has 1 aromatic carbocycles. The summed E-state index contributed by atoms with van der Waals surface area (Å²) in [7, 11) is 0. The number of likely N-dealkylation sites (tertiary alicyclic amines) is 1. The van der Waals surface area contributed by atoms with Gasteiger partial charge >= 0.3 is 11.8 Å². The molecule has 1 aromatic rings. The highest BCUT2D eigenvalue weighted by molar-refractivity contribution is 7.99. The number of fused-ring (bicyclic) bond motifs is 1. The number of amides is 3. The van der Waals surface area contributed by atoms with Gasteiger partial charge in [-0.15, -0.1) is 0 Å². The molecule has 0 radical (unpaired) electrons. The van der Waals surface area contributed by atoms with Crippen LogP contribution in [0.3, 0.4) is 0 Å². The van der Waals surface area contributed by atoms with E-state index in [-0.39, 0.29) is 11.8 Å². The maximum atomic E-state index is 12.6. The van der Waals surface area contributed by atoms with E-state index >= 15 is 0 Å². The molecule has 0 aliphatic carbocycles. The average molecular weight is 473 g/mol. The maximum Gasteiger partial charge on any atom is 0.313 e. The molecule has 0 spiro atoms. The van der Waals surface area contributed by atoms with Gasteiger partial charge in [0.15, 0.2) is 0 Å². The third-order valence-corrected chi connectivity index (χ3v) is 8.20. The Hall–Kier alpha value is -2.06. The number of nitrogens with zero attached hydrogens (tertiary/aromatic N) is 2. The van der Waals surface area contributed by atoms with E-state index in [0.717, 1.165) is 56.1 Å². The molecule has 2 fully saturated rings. The Morgan fingerprint density at radius 1 is 1.09 bits per heavy atom. The summed E-state index contributed by atoms with van der Waals surface area (Å²) in [4.78, 5) is 41.9. The zero-order chi connectivity index (χ0) is 23.4. The van der Waals surface area contributed by atoms with E-state index in [0.29, 0.717) is 24.7 Å². The zero-order valence-electron chi connectivity index (χ0n) is 19.8. The topological polar surface area (TPSA) is 81.8 Å². The van der Waals surface area contributed by atoms with Gasteiger partial charge in [0, 0.05) is 42.2 Å². The van der Waals surface area contributed by atoms with Crippen LogP contribution in [0.4, 0.5) is 11.4 Å². The minimum absolute atomic E-state index is 0.0786. The Morgan fingerprint density at radius 2 is 1.88 bits per heavy atom. The molecule has 33 heavy (non-hydrogen) atoms. The van der Waals surface area contributed by atoms with Gasteiger partial charge in [0.2, 0.25) is 5.91 Å². The Balaban J connectivity index is 1.27. The van der Waals surface area contributed by atoms with Crippen molar-refractivity contribution in [2.24, 2.45) is 11.8 Å². The SMILES string of the molecule is CC(C)C(=O)N1CCCc2ccc(NC(=O)C(=O)NCC3CCN(C4CCSC4)CC3)cc21. The average Bonchev–Trinajstić information content (AvgIpc) is 3.37. The summed E-state index contributed by atoms with van der Waals surface area (Å²) in [6, 6.07) is 6.29. The lowest BCUT2D eigenvalue weighted by Gasteiger charge is -2.35. The van der Waals surface area contributed by atoms with Gasteiger partial charge in [-0.05, 0) is 74.6 Å². The van der Waals surface area contributed by atoms with Crippen molar-refractivity contribution in [3.8, 4) is 0 Å². The summed E-state index contributed by atoms with van der Waals surface area (Å²) < 4.78 is 0. The predicted octanol–water partition coefficient (Wildman–Crippen LogP) is 2.89. The van der Waals surface area contributed by atoms with Crippen LogP contribution in [0, 0.1) is 11.8 Å². The first-order valence-corrected chi connectivity index (χ1v) is 13.4. The van der Waals surface area contributed by atoms with Crippen molar-refractivity contribution in [2.75, 3.05) is 47.9 Å². The third kappa shape index (κ3) is 5.90. The summed E-state index contributed by atoms with van der Waals surface area (Å²) in [6.45, 7) is 7.17. The quantitative estimate of drug-likeness (QED) is 0.644. The number of hydrogen-bond donors (Lipinski definition) is 2. The van der Waals surface area contributed by atoms with Gasteiger partial charge in [0.05, 0.1) is 0 Å². The number of hydrogen-bond acceptors (Lipinski definition) is 5. The van der Waals surface area contributed by atoms with Crippen molar-refractivity contribution >= 4 is 40.9 Å². The summed E-state index contributed by atoms with van der Waals surface area (Å²) >= 11 is 2.04. The molecule has 3 amide bonds. The Morgan fingerprint density at radius 3 is 2.58 bits per heavy atom. The first-order chi connectivity index (χ1) is 15.9. The molecular weight excluding hydrogens is 436 g/mol. The fourth-order valence-electron chi connectivity index (χ4n) is 5.03. The lowest BCUT2D eigenvalue weighted by Crippen LogP contribution is -2.45. The van der Waals surface area contributed by atoms with Gasteiger partial charge in [0.25, 0.3) is 0 Å². The highest BCUT2D eigenvalue weighted by Crippen LogP contribution is 2.31. The highest BCUT2D eigenvalue weighted by atomic mass is 32.2. The van der Waals surface area contributed by atoms with Crippen LogP contribution >= 0.6 is 11.8 Å². The molecule has 0 aromatic heterocycles. The number of carbonyl (C=O) groups excluding carboxylic acids is 3. The van der Waals surface area contributed by atoms with Crippen LogP contribution in [0.1, 0.15) is 45.1 Å². The smallest absolute Gasteiger partial charge is 0.313 e. The van der Waals surface area contributed by atoms with E-state index in [4.69, 9.17) is 0 Å². The Kier molecular flexibility index (Phi) is 7.96. The van der Waals surface area contributed by atoms with Crippen LogP contribution < -0.4 is 15.5 Å². The van der Waals surface area contributed by atoms with Gasteiger partial charge in [-0.25, -0.2) is 0 Å². The van der Waals surface area contributed by atoms with Crippen LogP contribution in [0.25, 0.3) is 0 Å². The normalized spacial score (nSPS) is 21.7. The molecule has 7 nitrogen and oxygen atoms in total. The molecule has 4 rings (SSSR count). The number of thioether (sulfide) groups is 1. The molecule has 8 heteroatoms. The lowest BCUT2D eigenvalue weighted by molar-refractivity contribution is -0.136. The lowest BCUT2D eigenvalue weighted by atomic mass is 9.95. The second-order valence-corrected chi connectivity index (χ2v) is 10.9. The third-order valence-electron chi connectivity index (χ3n) is 7.05. The van der Waals surface area contributed by atoms with Crippen molar-refractivity contribution in [1.82, 2.24) is 10.2 Å². The molecule has 0 saturated carbocycles. The standard InChI is InChI=1S/C25H36N4O3S/c1-17(2)25(32)29-10-3-4-19-5-6-20(14-22(19)29)27-24(31)23(30)26-15-18-7-11-28(12-8-18)21-9-13-33-16-21/h5-6,14,17-18,21H,3-4,7-13,15-16H2,1-2H3,(H,26,30)(H,27,31). The number of nitrogens with one attached hydrogen (secondary N) is 2. The second-order valence-electron chi connectivity index (χ2n) is 9.75. The van der Waals surface area contributed by atoms with E-state index in [1.165, 1.54) is 17.9 Å². The predicted molar refractivity (Wildman–Crippen MR) is 134 cm³/mol. The molecular formula is C25H36N4O3S. The van der Waals surface area contributed by atoms with Gasteiger partial charge < -0.3 is 15.5 Å². The number of piperidine rings is 1. The highest BCUT2D eigenvalue weighted by Gasteiger charge is 2.28. The van der Waals surface area contributed by atoms with Crippen LogP contribution in [0.15, 0.2) is 18.2 Å². The molecule has 1 atom stereocenters. The second kappa shape index (κ2) is 10.9. The fraction of sp³-hybridized carbons (Fsp3) is 0.640. The van der Waals surface area contributed by atoms with Crippen LogP contribution in [0.5, 0.6) is 0 Å². The maximum absolute atomic E-state index is 12.6. The van der Waals surface area contributed by atoms with Crippen LogP contribution in [-0.4, -0.2) is 66.3 Å². The van der Waals surface area contributed by atoms with E-state index in [1.807, 2.05) is 43.8 Å². The monoisotopic (exact) mass is 472 g/mol. The Bertz CT molecular complexity index is 876. The minimum atomic E-state index is -0.659. The summed E-state index contributed by atoms with van der Waals surface area (Å²) in [5, 5.41) is 5.54. The number of aryl methyl sites for hydroxylation is 1. The molecule has 180 valence electrons. The van der Waals surface area contributed by atoms with Crippen LogP contribution in [-0.2, 0) is 20.8 Å². The van der Waals surface area contributed by atoms with Gasteiger partial charge in [-0.1, -0.05) is 19.9 Å². The first kappa shape index (κ1) is 24.1. The van der Waals surface area contributed by atoms with Crippen molar-refractivity contribution < 1.29 is 14.4 Å². The fourth-order valence-corrected chi connectivity index (χ4v) is 6.29. The van der Waals surface area contributed by atoms with Gasteiger partial charge in [-0.2, -0.15) is 11.8 Å². The number of rotatable bonds is 5. The minimum Gasteiger partial charge on any atom is -0.348 e. The molecule has 1 unspecified atom stereocenters. The molecule has 3 aliphatic rings. The first-order valence-electron chi connectivity index (χ1n) is 12.3.